The zero-order valence-corrected chi connectivity index (χ0v) is 27.5. The highest BCUT2D eigenvalue weighted by molar-refractivity contribution is 5.87. The van der Waals surface area contributed by atoms with Crippen molar-refractivity contribution in [2.75, 3.05) is 31.3 Å². The number of hydrogen-bond donors (Lipinski definition) is 1. The lowest BCUT2D eigenvalue weighted by Gasteiger charge is -2.25. The normalized spacial score (nSPS) is 12.9. The van der Waals surface area contributed by atoms with Gasteiger partial charge in [-0.3, -0.25) is 13.9 Å². The molecule has 0 saturated carbocycles. The Morgan fingerprint density at radius 3 is 1.89 bits per heavy atom. The Morgan fingerprint density at radius 2 is 1.34 bits per heavy atom. The van der Waals surface area contributed by atoms with Gasteiger partial charge in [-0.2, -0.15) is 0 Å². The highest BCUT2D eigenvalue weighted by atomic mass is 16.5. The molecule has 1 aromatic heterocycles. The van der Waals surface area contributed by atoms with Crippen LogP contribution in [-0.4, -0.2) is 58.5 Å². The molecule has 0 bridgehead atoms. The molecule has 2 heterocycles. The Balaban J connectivity index is 2.10. The summed E-state index contributed by atoms with van der Waals surface area (Å²) in [6.07, 6.45) is 1.78. The summed E-state index contributed by atoms with van der Waals surface area (Å²) in [6, 6.07) is 7.76. The van der Waals surface area contributed by atoms with Crippen molar-refractivity contribution in [3.63, 3.8) is 0 Å². The van der Waals surface area contributed by atoms with Gasteiger partial charge >= 0.3 is 23.6 Å². The number of ether oxygens (including phenoxy) is 3. The molecule has 1 aliphatic heterocycles. The van der Waals surface area contributed by atoms with E-state index in [4.69, 9.17) is 14.2 Å². The number of hydrogen-bond acceptors (Lipinski definition) is 10. The minimum absolute atomic E-state index is 0.147. The first kappa shape index (κ1) is 36.1. The predicted molar refractivity (Wildman–Crippen MR) is 177 cm³/mol. The molecule has 12 heteroatoms. The van der Waals surface area contributed by atoms with Gasteiger partial charge < -0.3 is 24.2 Å². The molecule has 1 aromatic carbocycles. The SMILES string of the molecule is C=C(C)C(=O)OCCCN1C(=C=Cc2c(O)n(CCOC(=O)C(=C)C)c(=O)n(CCOC(=O)C(=C)C)c2=O)C(C)(C)c2ccccc21. The van der Waals surface area contributed by atoms with Gasteiger partial charge in [-0.25, -0.2) is 19.2 Å². The predicted octanol–water partition coefficient (Wildman–Crippen LogP) is 3.76. The Kier molecular flexibility index (Phi) is 11.8. The third-order valence-electron chi connectivity index (χ3n) is 7.42. The number of anilines is 1. The Hall–Kier alpha value is -5.35. The minimum atomic E-state index is -0.894. The van der Waals surface area contributed by atoms with Gasteiger partial charge in [0.25, 0.3) is 5.56 Å². The number of aromatic hydroxyl groups is 1. The fourth-order valence-electron chi connectivity index (χ4n) is 4.91. The van der Waals surface area contributed by atoms with E-state index in [2.05, 4.69) is 25.5 Å². The number of benzene rings is 1. The molecule has 0 aliphatic carbocycles. The van der Waals surface area contributed by atoms with Crippen LogP contribution in [0.25, 0.3) is 6.08 Å². The van der Waals surface area contributed by atoms with E-state index >= 15 is 0 Å². The number of rotatable bonds is 14. The lowest BCUT2D eigenvalue weighted by atomic mass is 9.84. The first-order valence-electron chi connectivity index (χ1n) is 15.0. The summed E-state index contributed by atoms with van der Waals surface area (Å²) in [4.78, 5) is 64.7. The highest BCUT2D eigenvalue weighted by Gasteiger charge is 2.39. The van der Waals surface area contributed by atoms with E-state index in [9.17, 15) is 29.1 Å². The van der Waals surface area contributed by atoms with Gasteiger partial charge in [0.05, 0.1) is 25.4 Å². The zero-order valence-electron chi connectivity index (χ0n) is 27.5. The zero-order chi connectivity index (χ0) is 35.1. The van der Waals surface area contributed by atoms with E-state index in [-0.39, 0.29) is 49.6 Å². The summed E-state index contributed by atoms with van der Waals surface area (Å²) >= 11 is 0. The molecular formula is C35H41N3O9. The summed E-state index contributed by atoms with van der Waals surface area (Å²) in [5, 5.41) is 11.2. The number of esters is 3. The van der Waals surface area contributed by atoms with Crippen LogP contribution < -0.4 is 16.1 Å². The van der Waals surface area contributed by atoms with Gasteiger partial charge in [0.15, 0.2) is 0 Å². The van der Waals surface area contributed by atoms with E-state index < -0.39 is 40.5 Å². The number of carbonyl (C=O) groups excluding carboxylic acids is 3. The number of fused-ring (bicyclic) bond motifs is 1. The smallest absolute Gasteiger partial charge is 0.334 e. The molecule has 0 spiro atoms. The summed E-state index contributed by atoms with van der Waals surface area (Å²) in [5.41, 5.74) is 3.80. The number of nitrogens with zero attached hydrogens (tertiary/aromatic N) is 3. The van der Waals surface area contributed by atoms with E-state index in [0.29, 0.717) is 24.2 Å². The molecule has 12 nitrogen and oxygen atoms in total. The number of allylic oxidation sites excluding steroid dienone is 1. The third-order valence-corrected chi connectivity index (χ3v) is 7.42. The average Bonchev–Trinajstić information content (AvgIpc) is 3.23. The van der Waals surface area contributed by atoms with Crippen LogP contribution in [-0.2, 0) is 47.1 Å². The van der Waals surface area contributed by atoms with Crippen LogP contribution in [0.4, 0.5) is 5.69 Å². The van der Waals surface area contributed by atoms with E-state index in [1.807, 2.05) is 43.0 Å². The van der Waals surface area contributed by atoms with E-state index in [1.54, 1.807) is 6.92 Å². The molecule has 0 atom stereocenters. The standard InChI is InChI=1S/C35H41N3O9/c1-22(2)31(41)45-19-11-16-36-27-13-10-9-12-26(27)35(7,8)28(36)15-14-25-29(39)37(17-20-46-32(42)23(3)4)34(44)38(30(25)40)18-21-47-33(43)24(5)6/h9-10,12-14,39H,1,3,5,11,16-21H2,2,4,6-8H3. The van der Waals surface area contributed by atoms with Gasteiger partial charge in [0, 0.05) is 40.4 Å². The van der Waals surface area contributed by atoms with Crippen molar-refractivity contribution in [3.05, 3.63) is 104 Å². The van der Waals surface area contributed by atoms with Crippen LogP contribution in [0.15, 0.2) is 81.7 Å². The summed E-state index contributed by atoms with van der Waals surface area (Å²) in [5.74, 6) is -2.50. The monoisotopic (exact) mass is 647 g/mol. The van der Waals surface area contributed by atoms with Gasteiger partial charge in [-0.1, -0.05) is 43.7 Å². The van der Waals surface area contributed by atoms with E-state index in [1.165, 1.54) is 19.9 Å². The first-order chi connectivity index (χ1) is 22.1. The Morgan fingerprint density at radius 1 is 0.830 bits per heavy atom. The van der Waals surface area contributed by atoms with Crippen molar-refractivity contribution in [1.82, 2.24) is 9.13 Å². The molecule has 1 aliphatic rings. The maximum atomic E-state index is 13.6. The molecule has 0 fully saturated rings. The quantitative estimate of drug-likeness (QED) is 0.106. The molecule has 47 heavy (non-hydrogen) atoms. The second-order valence-corrected chi connectivity index (χ2v) is 11.7. The number of carbonyl (C=O) groups is 3. The number of aromatic nitrogens is 2. The molecule has 0 amide bonds. The van der Waals surface area contributed by atoms with Gasteiger partial charge in [-0.05, 0) is 52.7 Å². The second-order valence-electron chi connectivity index (χ2n) is 11.7. The van der Waals surface area contributed by atoms with Crippen molar-refractivity contribution in [3.8, 4) is 5.88 Å². The molecule has 0 saturated heterocycles. The van der Waals surface area contributed by atoms with Gasteiger partial charge in [-0.15, -0.1) is 0 Å². The molecule has 0 unspecified atom stereocenters. The van der Waals surface area contributed by atoms with Crippen LogP contribution >= 0.6 is 0 Å². The lowest BCUT2D eigenvalue weighted by Crippen LogP contribution is -2.42. The van der Waals surface area contributed by atoms with Crippen molar-refractivity contribution < 1.29 is 33.7 Å². The van der Waals surface area contributed by atoms with Crippen LogP contribution in [0.2, 0.25) is 0 Å². The summed E-state index contributed by atoms with van der Waals surface area (Å²) in [6.45, 7) is 18.5. The molecule has 3 rings (SSSR count). The second kappa shape index (κ2) is 15.3. The fourth-order valence-corrected chi connectivity index (χ4v) is 4.91. The highest BCUT2D eigenvalue weighted by Crippen LogP contribution is 2.47. The van der Waals surface area contributed by atoms with Gasteiger partial charge in [0.2, 0.25) is 5.88 Å². The largest absolute Gasteiger partial charge is 0.494 e. The third kappa shape index (κ3) is 8.28. The average molecular weight is 648 g/mol. The lowest BCUT2D eigenvalue weighted by molar-refractivity contribution is -0.140. The Labute approximate surface area is 273 Å². The number of para-hydroxylation sites is 1. The van der Waals surface area contributed by atoms with E-state index in [0.717, 1.165) is 20.4 Å². The molecule has 1 N–H and O–H groups in total. The molecule has 250 valence electrons. The van der Waals surface area contributed by atoms with Crippen LogP contribution in [0, 0.1) is 0 Å². The maximum Gasteiger partial charge on any atom is 0.334 e. The van der Waals surface area contributed by atoms with Crippen molar-refractivity contribution in [2.24, 2.45) is 0 Å². The Bertz CT molecular complexity index is 1800. The van der Waals surface area contributed by atoms with Crippen molar-refractivity contribution in [1.29, 1.82) is 0 Å². The van der Waals surface area contributed by atoms with Crippen molar-refractivity contribution >= 4 is 29.7 Å². The molecule has 2 aromatic rings. The maximum absolute atomic E-state index is 13.6. The fraction of sp³-hybridized carbons (Fsp3) is 0.371. The van der Waals surface area contributed by atoms with Crippen molar-refractivity contribution in [2.45, 2.75) is 59.5 Å². The van der Waals surface area contributed by atoms with Crippen LogP contribution in [0.5, 0.6) is 5.88 Å². The van der Waals surface area contributed by atoms with Crippen LogP contribution in [0.3, 0.4) is 0 Å². The topological polar surface area (TPSA) is 146 Å². The van der Waals surface area contributed by atoms with Crippen LogP contribution in [0.1, 0.15) is 52.2 Å². The molecular weight excluding hydrogens is 606 g/mol. The minimum Gasteiger partial charge on any atom is -0.494 e. The first-order valence-corrected chi connectivity index (χ1v) is 15.0. The molecule has 0 radical (unpaired) electrons. The van der Waals surface area contributed by atoms with Gasteiger partial charge in [0.1, 0.15) is 18.8 Å². The summed E-state index contributed by atoms with van der Waals surface area (Å²) in [7, 11) is 0. The summed E-state index contributed by atoms with van der Waals surface area (Å²) < 4.78 is 17.2.